The fraction of sp³-hybridized carbons (Fsp3) is 0.111. The minimum Gasteiger partial charge on any atom is -0.328 e. The summed E-state index contributed by atoms with van der Waals surface area (Å²) in [5.41, 5.74) is 5.58. The zero-order chi connectivity index (χ0) is 9.97. The summed E-state index contributed by atoms with van der Waals surface area (Å²) in [6, 6.07) is 5.87. The SMILES string of the molecule is Cc1ccc(-c2nnc[nH]2)cc1NN. The quantitative estimate of drug-likeness (QED) is 0.487. The van der Waals surface area contributed by atoms with E-state index in [1.165, 1.54) is 0 Å². The fourth-order valence-electron chi connectivity index (χ4n) is 1.27. The predicted octanol–water partition coefficient (Wildman–Crippen LogP) is 1.07. The monoisotopic (exact) mass is 189 g/mol. The fourth-order valence-corrected chi connectivity index (χ4v) is 1.27. The number of benzene rings is 1. The average Bonchev–Trinajstić information content (AvgIpc) is 2.71. The van der Waals surface area contributed by atoms with Gasteiger partial charge in [0.15, 0.2) is 5.82 Å². The molecule has 0 aliphatic rings. The standard InChI is InChI=1S/C9H11N5/c1-6-2-3-7(4-8(6)13-10)9-11-5-12-14-9/h2-5,13H,10H2,1H3,(H,11,12,14). The Kier molecular flexibility index (Phi) is 2.16. The summed E-state index contributed by atoms with van der Waals surface area (Å²) in [6.07, 6.45) is 1.55. The van der Waals surface area contributed by atoms with Crippen LogP contribution in [0, 0.1) is 6.92 Å². The highest BCUT2D eigenvalue weighted by atomic mass is 15.2. The first-order chi connectivity index (χ1) is 6.81. The van der Waals surface area contributed by atoms with Gasteiger partial charge in [0.05, 0.1) is 5.69 Å². The molecule has 2 rings (SSSR count). The highest BCUT2D eigenvalue weighted by Gasteiger charge is 2.03. The number of aromatic amines is 1. The Morgan fingerprint density at radius 1 is 1.43 bits per heavy atom. The first-order valence-electron chi connectivity index (χ1n) is 4.25. The number of nitrogens with one attached hydrogen (secondary N) is 2. The molecule has 5 heteroatoms. The van der Waals surface area contributed by atoms with Crippen LogP contribution in [0.3, 0.4) is 0 Å². The summed E-state index contributed by atoms with van der Waals surface area (Å²) in [6.45, 7) is 1.99. The number of anilines is 1. The summed E-state index contributed by atoms with van der Waals surface area (Å²) in [5.74, 6) is 6.11. The molecule has 0 fully saturated rings. The van der Waals surface area contributed by atoms with Crippen LogP contribution in [-0.4, -0.2) is 15.2 Å². The van der Waals surface area contributed by atoms with Crippen LogP contribution in [0.5, 0.6) is 0 Å². The molecule has 0 unspecified atom stereocenters. The molecule has 4 N–H and O–H groups in total. The second-order valence-corrected chi connectivity index (χ2v) is 3.01. The first-order valence-corrected chi connectivity index (χ1v) is 4.25. The van der Waals surface area contributed by atoms with Crippen molar-refractivity contribution in [1.82, 2.24) is 15.2 Å². The third-order valence-electron chi connectivity index (χ3n) is 2.08. The van der Waals surface area contributed by atoms with Gasteiger partial charge in [0.1, 0.15) is 6.33 Å². The van der Waals surface area contributed by atoms with E-state index in [2.05, 4.69) is 20.6 Å². The van der Waals surface area contributed by atoms with E-state index in [9.17, 15) is 0 Å². The number of nitrogens with zero attached hydrogens (tertiary/aromatic N) is 2. The minimum atomic E-state index is 0.738. The molecule has 5 nitrogen and oxygen atoms in total. The topological polar surface area (TPSA) is 79.6 Å². The molecule has 0 radical (unpaired) electrons. The number of hydrazine groups is 1. The van der Waals surface area contributed by atoms with Crippen molar-refractivity contribution in [3.05, 3.63) is 30.1 Å². The normalized spacial score (nSPS) is 10.1. The van der Waals surface area contributed by atoms with Crippen LogP contribution in [-0.2, 0) is 0 Å². The third kappa shape index (κ3) is 1.45. The van der Waals surface area contributed by atoms with Crippen molar-refractivity contribution >= 4 is 5.69 Å². The number of aromatic nitrogens is 3. The molecule has 1 heterocycles. The molecule has 0 spiro atoms. The Hall–Kier alpha value is -1.88. The van der Waals surface area contributed by atoms with Gasteiger partial charge >= 0.3 is 0 Å². The number of H-pyrrole nitrogens is 1. The molecule has 0 atom stereocenters. The van der Waals surface area contributed by atoms with Gasteiger partial charge in [-0.15, -0.1) is 10.2 Å². The number of nitrogens with two attached hydrogens (primary N) is 1. The van der Waals surface area contributed by atoms with Crippen molar-refractivity contribution in [2.75, 3.05) is 5.43 Å². The number of rotatable bonds is 2. The van der Waals surface area contributed by atoms with Crippen LogP contribution < -0.4 is 11.3 Å². The van der Waals surface area contributed by atoms with Crippen molar-refractivity contribution in [2.24, 2.45) is 5.84 Å². The Bertz CT molecular complexity index is 421. The molecule has 1 aromatic carbocycles. The molecule has 0 saturated carbocycles. The Labute approximate surface area is 81.3 Å². The largest absolute Gasteiger partial charge is 0.328 e. The molecule has 0 amide bonds. The van der Waals surface area contributed by atoms with E-state index in [1.54, 1.807) is 6.33 Å². The van der Waals surface area contributed by atoms with Gasteiger partial charge in [0.25, 0.3) is 0 Å². The van der Waals surface area contributed by atoms with Gasteiger partial charge in [-0.2, -0.15) is 0 Å². The van der Waals surface area contributed by atoms with E-state index in [1.807, 2.05) is 25.1 Å². The third-order valence-corrected chi connectivity index (χ3v) is 2.08. The van der Waals surface area contributed by atoms with Gasteiger partial charge in [-0.05, 0) is 18.6 Å². The highest BCUT2D eigenvalue weighted by molar-refractivity contribution is 5.64. The maximum Gasteiger partial charge on any atom is 0.161 e. The van der Waals surface area contributed by atoms with Gasteiger partial charge < -0.3 is 10.4 Å². The number of hydrogen-bond acceptors (Lipinski definition) is 4. The van der Waals surface area contributed by atoms with E-state index in [0.717, 1.165) is 22.6 Å². The van der Waals surface area contributed by atoms with Crippen LogP contribution in [0.2, 0.25) is 0 Å². The van der Waals surface area contributed by atoms with Crippen LogP contribution in [0.1, 0.15) is 5.56 Å². The summed E-state index contributed by atoms with van der Waals surface area (Å²) in [7, 11) is 0. The van der Waals surface area contributed by atoms with Gasteiger partial charge in [0.2, 0.25) is 0 Å². The lowest BCUT2D eigenvalue weighted by atomic mass is 10.1. The molecule has 72 valence electrons. The van der Waals surface area contributed by atoms with Crippen molar-refractivity contribution < 1.29 is 0 Å². The van der Waals surface area contributed by atoms with Gasteiger partial charge in [-0.25, -0.2) is 0 Å². The molecular formula is C9H11N5. The number of nitrogen functional groups attached to an aromatic ring is 1. The van der Waals surface area contributed by atoms with Crippen LogP contribution in [0.25, 0.3) is 11.4 Å². The minimum absolute atomic E-state index is 0.738. The van der Waals surface area contributed by atoms with Gasteiger partial charge in [0, 0.05) is 5.56 Å². The van der Waals surface area contributed by atoms with Crippen molar-refractivity contribution in [2.45, 2.75) is 6.92 Å². The van der Waals surface area contributed by atoms with E-state index < -0.39 is 0 Å². The summed E-state index contributed by atoms with van der Waals surface area (Å²) < 4.78 is 0. The molecule has 2 aromatic rings. The predicted molar refractivity (Wildman–Crippen MR) is 54.4 cm³/mol. The average molecular weight is 189 g/mol. The Balaban J connectivity index is 2.46. The smallest absolute Gasteiger partial charge is 0.161 e. The molecular weight excluding hydrogens is 178 g/mol. The van der Waals surface area contributed by atoms with Gasteiger partial charge in [-0.1, -0.05) is 12.1 Å². The second kappa shape index (κ2) is 3.47. The van der Waals surface area contributed by atoms with Crippen molar-refractivity contribution in [3.63, 3.8) is 0 Å². The maximum absolute atomic E-state index is 5.38. The number of aryl methyl sites for hydroxylation is 1. The zero-order valence-electron chi connectivity index (χ0n) is 7.78. The van der Waals surface area contributed by atoms with Crippen molar-refractivity contribution in [1.29, 1.82) is 0 Å². The molecule has 14 heavy (non-hydrogen) atoms. The van der Waals surface area contributed by atoms with Crippen LogP contribution >= 0.6 is 0 Å². The maximum atomic E-state index is 5.38. The van der Waals surface area contributed by atoms with Crippen molar-refractivity contribution in [3.8, 4) is 11.4 Å². The molecule has 0 aliphatic heterocycles. The lowest BCUT2D eigenvalue weighted by Crippen LogP contribution is -2.08. The molecule has 0 bridgehead atoms. The summed E-state index contributed by atoms with van der Waals surface area (Å²) in [4.78, 5) is 2.93. The summed E-state index contributed by atoms with van der Waals surface area (Å²) in [5, 5.41) is 7.64. The van der Waals surface area contributed by atoms with E-state index >= 15 is 0 Å². The zero-order valence-corrected chi connectivity index (χ0v) is 7.78. The van der Waals surface area contributed by atoms with Gasteiger partial charge in [-0.3, -0.25) is 5.84 Å². The highest BCUT2D eigenvalue weighted by Crippen LogP contribution is 2.21. The molecule has 1 aromatic heterocycles. The number of hydrogen-bond donors (Lipinski definition) is 3. The second-order valence-electron chi connectivity index (χ2n) is 3.01. The first kappa shape index (κ1) is 8.71. The lowest BCUT2D eigenvalue weighted by molar-refractivity contribution is 1.09. The molecule has 0 aliphatic carbocycles. The molecule has 0 saturated heterocycles. The van der Waals surface area contributed by atoms with E-state index in [-0.39, 0.29) is 0 Å². The Morgan fingerprint density at radius 3 is 2.93 bits per heavy atom. The van der Waals surface area contributed by atoms with Crippen LogP contribution in [0.15, 0.2) is 24.5 Å². The van der Waals surface area contributed by atoms with E-state index in [0.29, 0.717) is 0 Å². The van der Waals surface area contributed by atoms with Crippen LogP contribution in [0.4, 0.5) is 5.69 Å². The lowest BCUT2D eigenvalue weighted by Gasteiger charge is -2.05. The summed E-state index contributed by atoms with van der Waals surface area (Å²) >= 11 is 0. The van der Waals surface area contributed by atoms with E-state index in [4.69, 9.17) is 5.84 Å². The Morgan fingerprint density at radius 2 is 2.29 bits per heavy atom.